The Labute approximate surface area is 186 Å². The molecule has 6 heteroatoms. The quantitative estimate of drug-likeness (QED) is 0.483. The molecule has 0 radical (unpaired) electrons. The number of benzene rings is 3. The van der Waals surface area contributed by atoms with E-state index < -0.39 is 11.9 Å². The van der Waals surface area contributed by atoms with E-state index in [1.165, 1.54) is 4.90 Å². The fourth-order valence-corrected chi connectivity index (χ4v) is 3.78. The molecule has 0 spiro atoms. The van der Waals surface area contributed by atoms with E-state index in [2.05, 4.69) is 16.3 Å². The molecule has 1 atom stereocenters. The molecule has 3 aromatic carbocycles. The summed E-state index contributed by atoms with van der Waals surface area (Å²) in [6, 6.07) is 23.3. The molecule has 1 aromatic heterocycles. The highest BCUT2D eigenvalue weighted by Gasteiger charge is 2.33. The van der Waals surface area contributed by atoms with Crippen molar-refractivity contribution in [2.75, 3.05) is 4.90 Å². The Morgan fingerprint density at radius 2 is 1.72 bits per heavy atom. The van der Waals surface area contributed by atoms with Crippen LogP contribution in [0.1, 0.15) is 17.2 Å². The zero-order valence-corrected chi connectivity index (χ0v) is 17.6. The normalized spacial score (nSPS) is 11.5. The molecule has 0 saturated heterocycles. The smallest absolute Gasteiger partial charge is 0.303 e. The van der Waals surface area contributed by atoms with Gasteiger partial charge in [-0.2, -0.15) is 5.10 Å². The van der Waals surface area contributed by atoms with Crippen molar-refractivity contribution in [2.24, 2.45) is 7.05 Å². The molecule has 0 saturated carbocycles. The van der Waals surface area contributed by atoms with E-state index in [1.54, 1.807) is 24.0 Å². The number of carbonyl (C=O) groups is 2. The number of amides is 2. The number of terminal acetylenes is 1. The van der Waals surface area contributed by atoms with Gasteiger partial charge in [-0.05, 0) is 23.1 Å². The number of rotatable bonds is 6. The van der Waals surface area contributed by atoms with Crippen LogP contribution in [0.3, 0.4) is 0 Å². The Hall–Kier alpha value is -4.37. The Kier molecular flexibility index (Phi) is 6.00. The number of aromatic nitrogens is 2. The number of anilines is 1. The topological polar surface area (TPSA) is 67.2 Å². The maximum Gasteiger partial charge on any atom is 0.303 e. The third-order valence-corrected chi connectivity index (χ3v) is 5.27. The molecule has 4 aromatic rings. The van der Waals surface area contributed by atoms with Gasteiger partial charge in [0.15, 0.2) is 0 Å². The predicted octanol–water partition coefficient (Wildman–Crippen LogP) is 3.60. The minimum atomic E-state index is -0.955. The van der Waals surface area contributed by atoms with Gasteiger partial charge in [0.2, 0.25) is 5.91 Å². The van der Waals surface area contributed by atoms with Crippen molar-refractivity contribution < 1.29 is 9.59 Å². The molecule has 32 heavy (non-hydrogen) atoms. The van der Waals surface area contributed by atoms with Crippen molar-refractivity contribution in [1.29, 1.82) is 0 Å². The van der Waals surface area contributed by atoms with Gasteiger partial charge in [0.1, 0.15) is 6.04 Å². The van der Waals surface area contributed by atoms with Gasteiger partial charge in [0.25, 0.3) is 0 Å². The van der Waals surface area contributed by atoms with Gasteiger partial charge in [0.05, 0.1) is 17.4 Å². The number of fused-ring (bicyclic) bond motifs is 1. The van der Waals surface area contributed by atoms with Crippen molar-refractivity contribution in [3.63, 3.8) is 0 Å². The molecule has 1 N–H and O–H groups in total. The van der Waals surface area contributed by atoms with E-state index in [0.717, 1.165) is 10.9 Å². The molecular formula is C26H22N4O2. The van der Waals surface area contributed by atoms with E-state index in [9.17, 15) is 9.59 Å². The van der Waals surface area contributed by atoms with Gasteiger partial charge in [-0.25, -0.2) is 0 Å². The SMILES string of the molecule is C#CC(=O)N(c1cccc2cnn(C)c12)C(C(=O)NCc1ccccc1)c1ccccc1. The summed E-state index contributed by atoms with van der Waals surface area (Å²) in [5, 5.41) is 8.11. The summed E-state index contributed by atoms with van der Waals surface area (Å²) in [5.74, 6) is 1.26. The van der Waals surface area contributed by atoms with Crippen LogP contribution in [0.2, 0.25) is 0 Å². The maximum absolute atomic E-state index is 13.5. The standard InChI is InChI=1S/C26H22N4O2/c1-3-23(31)30(22-16-10-15-21-18-28-29(2)24(21)22)25(20-13-8-5-9-14-20)26(32)27-17-19-11-6-4-7-12-19/h1,4-16,18,25H,17H2,2H3,(H,27,32). The Morgan fingerprint density at radius 1 is 1.03 bits per heavy atom. The van der Waals surface area contributed by atoms with Crippen LogP contribution in [0.25, 0.3) is 10.9 Å². The second kappa shape index (κ2) is 9.19. The first-order valence-corrected chi connectivity index (χ1v) is 10.2. The monoisotopic (exact) mass is 422 g/mol. The van der Waals surface area contributed by atoms with Crippen molar-refractivity contribution in [2.45, 2.75) is 12.6 Å². The minimum absolute atomic E-state index is 0.330. The van der Waals surface area contributed by atoms with Crippen molar-refractivity contribution in [1.82, 2.24) is 15.1 Å². The number of para-hydroxylation sites is 1. The second-order valence-corrected chi connectivity index (χ2v) is 7.32. The van der Waals surface area contributed by atoms with Gasteiger partial charge in [-0.15, -0.1) is 6.42 Å². The second-order valence-electron chi connectivity index (χ2n) is 7.32. The molecule has 6 nitrogen and oxygen atoms in total. The van der Waals surface area contributed by atoms with Crippen LogP contribution >= 0.6 is 0 Å². The molecule has 158 valence electrons. The van der Waals surface area contributed by atoms with Crippen molar-refractivity contribution in [3.05, 3.63) is 96.2 Å². The molecular weight excluding hydrogens is 400 g/mol. The maximum atomic E-state index is 13.5. The largest absolute Gasteiger partial charge is 0.350 e. The van der Waals surface area contributed by atoms with E-state index >= 15 is 0 Å². The summed E-state index contributed by atoms with van der Waals surface area (Å²) < 4.78 is 1.67. The number of hydrogen-bond acceptors (Lipinski definition) is 3. The molecule has 0 aliphatic heterocycles. The molecule has 0 fully saturated rings. The number of nitrogens with one attached hydrogen (secondary N) is 1. The van der Waals surface area contributed by atoms with E-state index in [4.69, 9.17) is 6.42 Å². The molecule has 0 aliphatic rings. The average molecular weight is 422 g/mol. The van der Waals surface area contributed by atoms with Gasteiger partial charge in [0, 0.05) is 19.0 Å². The minimum Gasteiger partial charge on any atom is -0.350 e. The van der Waals surface area contributed by atoms with E-state index in [-0.39, 0.29) is 5.91 Å². The molecule has 0 bridgehead atoms. The Balaban J connectivity index is 1.81. The molecule has 4 rings (SSSR count). The summed E-state index contributed by atoms with van der Waals surface area (Å²) in [7, 11) is 1.79. The number of carbonyl (C=O) groups excluding carboxylic acids is 2. The zero-order chi connectivity index (χ0) is 22.5. The highest BCUT2D eigenvalue weighted by molar-refractivity contribution is 6.13. The Bertz CT molecular complexity index is 1290. The van der Waals surface area contributed by atoms with Gasteiger partial charge >= 0.3 is 5.91 Å². The van der Waals surface area contributed by atoms with E-state index in [1.807, 2.05) is 72.8 Å². The summed E-state index contributed by atoms with van der Waals surface area (Å²) >= 11 is 0. The first-order chi connectivity index (χ1) is 15.6. The summed E-state index contributed by atoms with van der Waals surface area (Å²) in [6.45, 7) is 0.330. The van der Waals surface area contributed by atoms with Gasteiger partial charge < -0.3 is 5.32 Å². The molecule has 1 unspecified atom stereocenters. The molecule has 1 heterocycles. The van der Waals surface area contributed by atoms with Crippen LogP contribution in [0, 0.1) is 12.3 Å². The zero-order valence-electron chi connectivity index (χ0n) is 17.6. The lowest BCUT2D eigenvalue weighted by Gasteiger charge is -2.30. The van der Waals surface area contributed by atoms with Crippen LogP contribution < -0.4 is 10.2 Å². The average Bonchev–Trinajstić information content (AvgIpc) is 3.23. The van der Waals surface area contributed by atoms with Crippen LogP contribution in [-0.4, -0.2) is 21.6 Å². The lowest BCUT2D eigenvalue weighted by Crippen LogP contribution is -2.43. The number of hydrogen-bond donors (Lipinski definition) is 1. The Morgan fingerprint density at radius 3 is 2.41 bits per heavy atom. The highest BCUT2D eigenvalue weighted by Crippen LogP contribution is 2.33. The van der Waals surface area contributed by atoms with Crippen LogP contribution in [0.15, 0.2) is 85.1 Å². The number of aryl methyl sites for hydroxylation is 1. The predicted molar refractivity (Wildman–Crippen MR) is 125 cm³/mol. The van der Waals surface area contributed by atoms with Crippen molar-refractivity contribution >= 4 is 28.4 Å². The first kappa shape index (κ1) is 20.9. The van der Waals surface area contributed by atoms with Crippen LogP contribution in [0.4, 0.5) is 5.69 Å². The summed E-state index contributed by atoms with van der Waals surface area (Å²) in [5.41, 5.74) is 2.85. The third-order valence-electron chi connectivity index (χ3n) is 5.27. The van der Waals surface area contributed by atoms with E-state index in [0.29, 0.717) is 23.3 Å². The lowest BCUT2D eigenvalue weighted by molar-refractivity contribution is -0.125. The fourth-order valence-electron chi connectivity index (χ4n) is 3.78. The van der Waals surface area contributed by atoms with Crippen LogP contribution in [-0.2, 0) is 23.2 Å². The van der Waals surface area contributed by atoms with Gasteiger partial charge in [-0.3, -0.25) is 19.2 Å². The summed E-state index contributed by atoms with van der Waals surface area (Å²) in [6.07, 6.45) is 7.27. The summed E-state index contributed by atoms with van der Waals surface area (Å²) in [4.78, 5) is 28.0. The highest BCUT2D eigenvalue weighted by atomic mass is 16.2. The van der Waals surface area contributed by atoms with Gasteiger partial charge in [-0.1, -0.05) is 72.8 Å². The van der Waals surface area contributed by atoms with Crippen molar-refractivity contribution in [3.8, 4) is 12.3 Å². The number of nitrogens with zero attached hydrogens (tertiary/aromatic N) is 3. The first-order valence-electron chi connectivity index (χ1n) is 10.2. The lowest BCUT2D eigenvalue weighted by atomic mass is 10.0. The third kappa shape index (κ3) is 4.09. The van der Waals surface area contributed by atoms with Crippen LogP contribution in [0.5, 0.6) is 0 Å². The molecule has 0 aliphatic carbocycles. The fraction of sp³-hybridized carbons (Fsp3) is 0.115. The molecule has 2 amide bonds.